The predicted octanol–water partition coefficient (Wildman–Crippen LogP) is 1.95. The molecule has 1 aromatic rings. The second-order valence-corrected chi connectivity index (χ2v) is 4.54. The fraction of sp³-hybridized carbons (Fsp3) is 0.357. The van der Waals surface area contributed by atoms with Crippen LogP contribution in [0.1, 0.15) is 18.9 Å². The highest BCUT2D eigenvalue weighted by atomic mass is 35.5. The lowest BCUT2D eigenvalue weighted by Gasteiger charge is -2.14. The molecule has 0 amide bonds. The van der Waals surface area contributed by atoms with Crippen molar-refractivity contribution in [3.8, 4) is 0 Å². The summed E-state index contributed by atoms with van der Waals surface area (Å²) < 4.78 is 9.61. The standard InChI is InChI=1S/C14H15ClO5/c1-10(17)6-7-19-14(18)13(20-9-16)8-11-4-2-3-5-12(11)15/h2-5,9,13H,6-8H2,1H3. The molecule has 6 heteroatoms. The van der Waals surface area contributed by atoms with E-state index < -0.39 is 12.1 Å². The molecule has 1 rings (SSSR count). The first-order valence-electron chi connectivity index (χ1n) is 6.03. The molecule has 0 spiro atoms. The number of Topliss-reactive ketones (excluding diaryl/α,β-unsaturated/α-hetero) is 1. The van der Waals surface area contributed by atoms with Gasteiger partial charge in [-0.2, -0.15) is 0 Å². The van der Waals surface area contributed by atoms with Gasteiger partial charge in [0.1, 0.15) is 5.78 Å². The van der Waals surface area contributed by atoms with Gasteiger partial charge in [-0.1, -0.05) is 29.8 Å². The summed E-state index contributed by atoms with van der Waals surface area (Å²) in [6.07, 6.45) is -0.817. The van der Waals surface area contributed by atoms with Crippen LogP contribution in [-0.4, -0.2) is 30.9 Å². The molecule has 0 aromatic heterocycles. The van der Waals surface area contributed by atoms with Crippen LogP contribution in [0, 0.1) is 0 Å². The number of hydrogen-bond acceptors (Lipinski definition) is 5. The second-order valence-electron chi connectivity index (χ2n) is 4.14. The van der Waals surface area contributed by atoms with Crippen LogP contribution < -0.4 is 0 Å². The van der Waals surface area contributed by atoms with Gasteiger partial charge >= 0.3 is 5.97 Å². The van der Waals surface area contributed by atoms with Crippen molar-refractivity contribution in [1.82, 2.24) is 0 Å². The molecule has 0 fully saturated rings. The topological polar surface area (TPSA) is 69.7 Å². The maximum atomic E-state index is 11.8. The van der Waals surface area contributed by atoms with Crippen LogP contribution in [-0.2, 0) is 30.3 Å². The molecule has 0 bridgehead atoms. The minimum Gasteiger partial charge on any atom is -0.462 e. The van der Waals surface area contributed by atoms with Gasteiger partial charge < -0.3 is 9.47 Å². The number of halogens is 1. The Labute approximate surface area is 121 Å². The number of ether oxygens (including phenoxy) is 2. The molecule has 0 saturated carbocycles. The van der Waals surface area contributed by atoms with E-state index in [1.165, 1.54) is 6.92 Å². The van der Waals surface area contributed by atoms with Gasteiger partial charge in [-0.25, -0.2) is 4.79 Å². The third-order valence-corrected chi connectivity index (χ3v) is 2.91. The van der Waals surface area contributed by atoms with Gasteiger partial charge in [0.2, 0.25) is 6.10 Å². The highest BCUT2D eigenvalue weighted by molar-refractivity contribution is 6.31. The SMILES string of the molecule is CC(=O)CCOC(=O)C(Cc1ccccc1Cl)OC=O. The minimum absolute atomic E-state index is 0.0323. The predicted molar refractivity (Wildman–Crippen MR) is 72.4 cm³/mol. The van der Waals surface area contributed by atoms with Crippen LogP contribution >= 0.6 is 11.6 Å². The van der Waals surface area contributed by atoms with Crippen molar-refractivity contribution in [1.29, 1.82) is 0 Å². The van der Waals surface area contributed by atoms with E-state index in [9.17, 15) is 14.4 Å². The van der Waals surface area contributed by atoms with Gasteiger partial charge in [0, 0.05) is 17.9 Å². The molecule has 1 unspecified atom stereocenters. The Morgan fingerprint density at radius 3 is 2.65 bits per heavy atom. The summed E-state index contributed by atoms with van der Waals surface area (Å²) in [6, 6.07) is 6.93. The molecule has 0 saturated heterocycles. The molecule has 20 heavy (non-hydrogen) atoms. The first-order chi connectivity index (χ1) is 9.54. The third-order valence-electron chi connectivity index (χ3n) is 2.54. The molecular formula is C14H15ClO5. The van der Waals surface area contributed by atoms with Gasteiger partial charge in [0.05, 0.1) is 6.61 Å². The van der Waals surface area contributed by atoms with Crippen LogP contribution in [0.25, 0.3) is 0 Å². The molecular weight excluding hydrogens is 284 g/mol. The molecule has 1 aromatic carbocycles. The summed E-state index contributed by atoms with van der Waals surface area (Å²) in [7, 11) is 0. The summed E-state index contributed by atoms with van der Waals surface area (Å²) in [5.74, 6) is -0.782. The average molecular weight is 299 g/mol. The van der Waals surface area contributed by atoms with E-state index in [2.05, 4.69) is 0 Å². The molecule has 1 atom stereocenters. The van der Waals surface area contributed by atoms with Crippen molar-refractivity contribution < 1.29 is 23.9 Å². The lowest BCUT2D eigenvalue weighted by Crippen LogP contribution is -2.29. The Morgan fingerprint density at radius 2 is 2.05 bits per heavy atom. The van der Waals surface area contributed by atoms with Crippen LogP contribution in [0.15, 0.2) is 24.3 Å². The normalized spacial score (nSPS) is 11.5. The zero-order valence-electron chi connectivity index (χ0n) is 11.0. The van der Waals surface area contributed by atoms with Gasteiger partial charge in [-0.05, 0) is 18.6 Å². The highest BCUT2D eigenvalue weighted by Gasteiger charge is 2.23. The lowest BCUT2D eigenvalue weighted by atomic mass is 10.1. The number of ketones is 1. The van der Waals surface area contributed by atoms with E-state index >= 15 is 0 Å². The minimum atomic E-state index is -1.07. The Hall–Kier alpha value is -1.88. The molecule has 0 aliphatic rings. The maximum absolute atomic E-state index is 11.8. The van der Waals surface area contributed by atoms with E-state index in [-0.39, 0.29) is 31.7 Å². The number of carbonyl (C=O) groups is 3. The van der Waals surface area contributed by atoms with Gasteiger partial charge in [0.15, 0.2) is 0 Å². The fourth-order valence-corrected chi connectivity index (χ4v) is 1.72. The van der Waals surface area contributed by atoms with Crippen molar-refractivity contribution in [2.75, 3.05) is 6.61 Å². The summed E-state index contributed by atoms with van der Waals surface area (Å²) >= 11 is 5.98. The largest absolute Gasteiger partial charge is 0.462 e. The Morgan fingerprint density at radius 1 is 1.35 bits per heavy atom. The molecule has 0 aliphatic heterocycles. The summed E-state index contributed by atoms with van der Waals surface area (Å²) in [6.45, 7) is 1.56. The Balaban J connectivity index is 2.64. The molecule has 108 valence electrons. The number of hydrogen-bond donors (Lipinski definition) is 0. The molecule has 5 nitrogen and oxygen atoms in total. The van der Waals surface area contributed by atoms with Crippen molar-refractivity contribution in [2.24, 2.45) is 0 Å². The Bertz CT molecular complexity index is 486. The number of carbonyl (C=O) groups excluding carboxylic acids is 3. The first-order valence-corrected chi connectivity index (χ1v) is 6.41. The van der Waals surface area contributed by atoms with Gasteiger partial charge in [-0.3, -0.25) is 9.59 Å². The van der Waals surface area contributed by atoms with Crippen molar-refractivity contribution in [3.63, 3.8) is 0 Å². The molecule has 0 N–H and O–H groups in total. The monoisotopic (exact) mass is 298 g/mol. The van der Waals surface area contributed by atoms with Crippen LogP contribution in [0.4, 0.5) is 0 Å². The van der Waals surface area contributed by atoms with Crippen molar-refractivity contribution in [2.45, 2.75) is 25.9 Å². The first kappa shape index (κ1) is 16.2. The fourth-order valence-electron chi connectivity index (χ4n) is 1.51. The smallest absolute Gasteiger partial charge is 0.347 e. The summed E-state index contributed by atoms with van der Waals surface area (Å²) in [4.78, 5) is 33.0. The van der Waals surface area contributed by atoms with E-state index in [0.29, 0.717) is 10.6 Å². The quantitative estimate of drug-likeness (QED) is 0.542. The van der Waals surface area contributed by atoms with Crippen LogP contribution in [0.2, 0.25) is 5.02 Å². The van der Waals surface area contributed by atoms with E-state index in [4.69, 9.17) is 21.1 Å². The third kappa shape index (κ3) is 5.40. The average Bonchev–Trinajstić information content (AvgIpc) is 2.40. The molecule has 0 radical (unpaired) electrons. The maximum Gasteiger partial charge on any atom is 0.347 e. The zero-order chi connectivity index (χ0) is 15.0. The van der Waals surface area contributed by atoms with Crippen LogP contribution in [0.3, 0.4) is 0 Å². The van der Waals surface area contributed by atoms with E-state index in [1.54, 1.807) is 24.3 Å². The van der Waals surface area contributed by atoms with E-state index in [1.807, 2.05) is 0 Å². The zero-order valence-corrected chi connectivity index (χ0v) is 11.8. The van der Waals surface area contributed by atoms with Crippen LogP contribution in [0.5, 0.6) is 0 Å². The molecule has 0 heterocycles. The Kier molecular flexibility index (Phi) is 6.73. The van der Waals surface area contributed by atoms with Gasteiger partial charge in [0.25, 0.3) is 6.47 Å². The van der Waals surface area contributed by atoms with Crippen molar-refractivity contribution in [3.05, 3.63) is 34.9 Å². The second kappa shape index (κ2) is 8.32. The molecule has 0 aliphatic carbocycles. The highest BCUT2D eigenvalue weighted by Crippen LogP contribution is 2.18. The number of benzene rings is 1. The summed E-state index contributed by atoms with van der Waals surface area (Å²) in [5.41, 5.74) is 0.671. The van der Waals surface area contributed by atoms with Gasteiger partial charge in [-0.15, -0.1) is 0 Å². The van der Waals surface area contributed by atoms with Crippen molar-refractivity contribution >= 4 is 29.8 Å². The number of rotatable bonds is 8. The van der Waals surface area contributed by atoms with E-state index in [0.717, 1.165) is 0 Å². The lowest BCUT2D eigenvalue weighted by molar-refractivity contribution is -0.161. The summed E-state index contributed by atoms with van der Waals surface area (Å²) in [5, 5.41) is 0.475. The number of esters is 1.